The maximum Gasteiger partial charge on any atom is 0.222 e. The molecule has 6 nitrogen and oxygen atoms in total. The highest BCUT2D eigenvalue weighted by Crippen LogP contribution is 2.19. The third kappa shape index (κ3) is 3.62. The third-order valence-corrected chi connectivity index (χ3v) is 4.98. The van der Waals surface area contributed by atoms with Gasteiger partial charge in [0.05, 0.1) is 12.0 Å². The van der Waals surface area contributed by atoms with Gasteiger partial charge < -0.3 is 24.8 Å². The molecule has 0 saturated carbocycles. The quantitative estimate of drug-likeness (QED) is 0.518. The number of carbonyl (C=O) groups excluding carboxylic acids is 2. The summed E-state index contributed by atoms with van der Waals surface area (Å²) in [6.07, 6.45) is 4.07. The highest BCUT2D eigenvalue weighted by Gasteiger charge is 2.16. The number of H-pyrrole nitrogens is 1. The van der Waals surface area contributed by atoms with Crippen LogP contribution in [0.25, 0.3) is 21.8 Å². The summed E-state index contributed by atoms with van der Waals surface area (Å²) in [5, 5.41) is 16.2. The Hall–Kier alpha value is -3.54. The summed E-state index contributed by atoms with van der Waals surface area (Å²) in [6.45, 7) is 0.478. The molecule has 2 aromatic heterocycles. The molecule has 2 aromatic carbocycles. The predicted octanol–water partition coefficient (Wildman–Crippen LogP) is 1.99. The minimum atomic E-state index is -1.29. The van der Waals surface area contributed by atoms with E-state index in [4.69, 9.17) is 0 Å². The van der Waals surface area contributed by atoms with Gasteiger partial charge in [-0.05, 0) is 29.1 Å². The number of amides is 1. The SMILES string of the molecule is O=C(CCn1ccc2ccccc21)N[C@@H](Cc1c[nH]c2ccccc12)C(=O)[O-]. The van der Waals surface area contributed by atoms with E-state index < -0.39 is 12.0 Å². The summed E-state index contributed by atoms with van der Waals surface area (Å²) in [5.41, 5.74) is 2.81. The standard InChI is InChI=1S/C22H21N3O3/c26-21(10-12-25-11-9-15-5-1-4-8-20(15)25)24-19(22(27)28)13-16-14-23-18-7-3-2-6-17(16)18/h1-9,11,14,19,23H,10,12-13H2,(H,24,26)(H,27,28)/p-1/t19-/m0/s1. The Bertz CT molecular complexity index is 1140. The maximum atomic E-state index is 12.4. The van der Waals surface area contributed by atoms with Crippen LogP contribution in [0.1, 0.15) is 12.0 Å². The molecule has 4 rings (SSSR count). The molecule has 4 aromatic rings. The molecular weight excluding hydrogens is 354 g/mol. The summed E-state index contributed by atoms with van der Waals surface area (Å²) in [5.74, 6) is -1.60. The summed E-state index contributed by atoms with van der Waals surface area (Å²) < 4.78 is 1.99. The fourth-order valence-corrected chi connectivity index (χ4v) is 3.54. The number of aromatic amines is 1. The van der Waals surface area contributed by atoms with Crippen molar-refractivity contribution < 1.29 is 14.7 Å². The summed E-state index contributed by atoms with van der Waals surface area (Å²) >= 11 is 0. The minimum Gasteiger partial charge on any atom is -0.548 e. The third-order valence-electron chi connectivity index (χ3n) is 4.98. The van der Waals surface area contributed by atoms with Crippen molar-refractivity contribution in [3.05, 3.63) is 72.6 Å². The minimum absolute atomic E-state index is 0.171. The van der Waals surface area contributed by atoms with Gasteiger partial charge in [0.25, 0.3) is 0 Å². The van der Waals surface area contributed by atoms with E-state index >= 15 is 0 Å². The van der Waals surface area contributed by atoms with E-state index in [1.54, 1.807) is 6.20 Å². The molecule has 0 bridgehead atoms. The second kappa shape index (κ2) is 7.60. The Morgan fingerprint density at radius 1 is 1.07 bits per heavy atom. The van der Waals surface area contributed by atoms with Crippen molar-refractivity contribution in [2.75, 3.05) is 0 Å². The van der Waals surface area contributed by atoms with E-state index in [0.717, 1.165) is 27.4 Å². The summed E-state index contributed by atoms with van der Waals surface area (Å²) in [7, 11) is 0. The van der Waals surface area contributed by atoms with Crippen LogP contribution in [0.5, 0.6) is 0 Å². The van der Waals surface area contributed by atoms with E-state index in [0.29, 0.717) is 6.54 Å². The molecule has 2 N–H and O–H groups in total. The number of fused-ring (bicyclic) bond motifs is 2. The lowest BCUT2D eigenvalue weighted by molar-refractivity contribution is -0.308. The van der Waals surface area contributed by atoms with Gasteiger partial charge in [-0.15, -0.1) is 0 Å². The van der Waals surface area contributed by atoms with Gasteiger partial charge in [0.2, 0.25) is 5.91 Å². The van der Waals surface area contributed by atoms with Gasteiger partial charge in [-0.1, -0.05) is 36.4 Å². The Morgan fingerprint density at radius 3 is 2.71 bits per heavy atom. The Balaban J connectivity index is 1.41. The second-order valence-corrected chi connectivity index (χ2v) is 6.82. The number of aryl methyl sites for hydroxylation is 1. The van der Waals surface area contributed by atoms with Crippen molar-refractivity contribution in [2.45, 2.75) is 25.4 Å². The zero-order valence-electron chi connectivity index (χ0n) is 15.2. The molecule has 0 saturated heterocycles. The van der Waals surface area contributed by atoms with Crippen molar-refractivity contribution in [3.63, 3.8) is 0 Å². The van der Waals surface area contributed by atoms with Crippen LogP contribution >= 0.6 is 0 Å². The van der Waals surface area contributed by atoms with Gasteiger partial charge in [0.15, 0.2) is 0 Å². The number of hydrogen-bond acceptors (Lipinski definition) is 3. The number of aliphatic carboxylic acids is 1. The van der Waals surface area contributed by atoms with Gasteiger partial charge in [0, 0.05) is 48.2 Å². The van der Waals surface area contributed by atoms with Crippen LogP contribution in [0.15, 0.2) is 67.0 Å². The highest BCUT2D eigenvalue weighted by molar-refractivity contribution is 5.86. The Morgan fingerprint density at radius 2 is 1.86 bits per heavy atom. The lowest BCUT2D eigenvalue weighted by atomic mass is 10.0. The monoisotopic (exact) mass is 374 g/mol. The molecule has 0 aliphatic heterocycles. The van der Waals surface area contributed by atoms with E-state index in [2.05, 4.69) is 10.3 Å². The van der Waals surface area contributed by atoms with Crippen LogP contribution in [-0.4, -0.2) is 27.5 Å². The van der Waals surface area contributed by atoms with Crippen LogP contribution in [0, 0.1) is 0 Å². The molecule has 0 unspecified atom stereocenters. The lowest BCUT2D eigenvalue weighted by Gasteiger charge is -2.19. The van der Waals surface area contributed by atoms with Crippen molar-refractivity contribution in [1.29, 1.82) is 0 Å². The first-order valence-corrected chi connectivity index (χ1v) is 9.21. The molecule has 1 atom stereocenters. The molecule has 142 valence electrons. The van der Waals surface area contributed by atoms with Crippen LogP contribution in [-0.2, 0) is 22.6 Å². The average molecular weight is 374 g/mol. The molecule has 2 heterocycles. The number of aromatic nitrogens is 2. The van der Waals surface area contributed by atoms with Gasteiger partial charge in [-0.3, -0.25) is 4.79 Å². The van der Waals surface area contributed by atoms with Crippen molar-refractivity contribution in [1.82, 2.24) is 14.9 Å². The topological polar surface area (TPSA) is 90.0 Å². The van der Waals surface area contributed by atoms with Gasteiger partial charge in [-0.2, -0.15) is 0 Å². The Labute approximate surface area is 161 Å². The first-order valence-electron chi connectivity index (χ1n) is 9.21. The first kappa shape index (κ1) is 17.9. The molecule has 28 heavy (non-hydrogen) atoms. The zero-order chi connectivity index (χ0) is 19.5. The van der Waals surface area contributed by atoms with Gasteiger partial charge in [-0.25, -0.2) is 0 Å². The lowest BCUT2D eigenvalue weighted by Crippen LogP contribution is -2.49. The first-order chi connectivity index (χ1) is 13.6. The van der Waals surface area contributed by atoms with E-state index in [-0.39, 0.29) is 18.7 Å². The number of carbonyl (C=O) groups is 2. The van der Waals surface area contributed by atoms with Gasteiger partial charge in [0.1, 0.15) is 0 Å². The number of nitrogens with one attached hydrogen (secondary N) is 2. The number of carboxylic acids is 1. The van der Waals surface area contributed by atoms with Crippen molar-refractivity contribution in [2.24, 2.45) is 0 Å². The largest absolute Gasteiger partial charge is 0.548 e. The average Bonchev–Trinajstić information content (AvgIpc) is 3.30. The van der Waals surface area contributed by atoms with E-state index in [1.807, 2.05) is 65.4 Å². The number of benzene rings is 2. The van der Waals surface area contributed by atoms with Crippen molar-refractivity contribution >= 4 is 33.7 Å². The molecule has 1 amide bonds. The summed E-state index contributed by atoms with van der Waals surface area (Å²) in [4.78, 5) is 27.0. The smallest absolute Gasteiger partial charge is 0.222 e. The maximum absolute atomic E-state index is 12.4. The molecule has 0 aliphatic rings. The van der Waals surface area contributed by atoms with Crippen molar-refractivity contribution in [3.8, 4) is 0 Å². The second-order valence-electron chi connectivity index (χ2n) is 6.82. The number of para-hydroxylation sites is 2. The molecule has 6 heteroatoms. The summed E-state index contributed by atoms with van der Waals surface area (Å²) in [6, 6.07) is 16.5. The number of rotatable bonds is 7. The van der Waals surface area contributed by atoms with Crippen LogP contribution in [0.3, 0.4) is 0 Å². The number of nitrogens with zero attached hydrogens (tertiary/aromatic N) is 1. The molecule has 0 spiro atoms. The van der Waals surface area contributed by atoms with Crippen LogP contribution in [0.2, 0.25) is 0 Å². The fraction of sp³-hybridized carbons (Fsp3) is 0.182. The van der Waals surface area contributed by atoms with Crippen LogP contribution < -0.4 is 10.4 Å². The molecule has 0 radical (unpaired) electrons. The number of carboxylic acid groups (broad SMARTS) is 1. The Kier molecular flexibility index (Phi) is 4.85. The van der Waals surface area contributed by atoms with E-state index in [9.17, 15) is 14.7 Å². The van der Waals surface area contributed by atoms with Gasteiger partial charge >= 0.3 is 0 Å². The predicted molar refractivity (Wildman–Crippen MR) is 105 cm³/mol. The molecule has 0 aliphatic carbocycles. The molecular formula is C22H20N3O3-. The van der Waals surface area contributed by atoms with E-state index in [1.165, 1.54) is 0 Å². The fourth-order valence-electron chi connectivity index (χ4n) is 3.54. The molecule has 0 fully saturated rings. The highest BCUT2D eigenvalue weighted by atomic mass is 16.4. The van der Waals surface area contributed by atoms with Crippen LogP contribution in [0.4, 0.5) is 0 Å². The normalized spacial score (nSPS) is 12.3. The zero-order valence-corrected chi connectivity index (χ0v) is 15.2. The number of hydrogen-bond donors (Lipinski definition) is 2.